The molecule has 1 saturated heterocycles. The highest BCUT2D eigenvalue weighted by Crippen LogP contribution is 2.48. The molecule has 0 spiro atoms. The summed E-state index contributed by atoms with van der Waals surface area (Å²) in [6, 6.07) is 9.65. The van der Waals surface area contributed by atoms with E-state index in [0.717, 1.165) is 17.7 Å². The molecule has 0 aromatic heterocycles. The van der Waals surface area contributed by atoms with Gasteiger partial charge in [-0.15, -0.1) is 10.2 Å². The third-order valence-electron chi connectivity index (χ3n) is 6.98. The van der Waals surface area contributed by atoms with E-state index in [-0.39, 0.29) is 36.4 Å². The van der Waals surface area contributed by atoms with Gasteiger partial charge in [-0.05, 0) is 56.4 Å². The van der Waals surface area contributed by atoms with E-state index in [1.807, 2.05) is 12.1 Å². The van der Waals surface area contributed by atoms with Crippen LogP contribution in [-0.4, -0.2) is 47.0 Å². The first-order chi connectivity index (χ1) is 18.5. The molecule has 1 fully saturated rings. The minimum absolute atomic E-state index is 0.0249. The first-order valence-electron chi connectivity index (χ1n) is 12.7. The lowest BCUT2D eigenvalue weighted by molar-refractivity contribution is -0.384. The summed E-state index contributed by atoms with van der Waals surface area (Å²) in [7, 11) is 1.55. The number of imide groups is 1. The Hall–Kier alpha value is -4.35. The number of ether oxygens (including phenoxy) is 1. The van der Waals surface area contributed by atoms with E-state index in [0.29, 0.717) is 35.2 Å². The van der Waals surface area contributed by atoms with E-state index in [1.54, 1.807) is 7.11 Å². The molecule has 0 N–H and O–H groups in total. The standard InChI is InChI=1S/C27H31N5O7/c1-17-16-27(2,3)30(13-5-6-26(35)39-31-24(33)11-12-25(31)34)22-15-23(38-4)21(14-20(17)22)29-28-18-7-9-19(10-8-18)32(36)37/h7-10,14-15,17H,5-6,11-13,16H2,1-4H3/b29-28+. The van der Waals surface area contributed by atoms with Gasteiger partial charge < -0.3 is 14.5 Å². The zero-order chi connectivity index (χ0) is 28.3. The van der Waals surface area contributed by atoms with Crippen molar-refractivity contribution in [1.29, 1.82) is 0 Å². The summed E-state index contributed by atoms with van der Waals surface area (Å²) in [5.41, 5.74) is 2.78. The summed E-state index contributed by atoms with van der Waals surface area (Å²) in [6.07, 6.45) is 1.47. The van der Waals surface area contributed by atoms with Crippen LogP contribution in [0.2, 0.25) is 0 Å². The van der Waals surface area contributed by atoms with Gasteiger partial charge in [0, 0.05) is 55.2 Å². The van der Waals surface area contributed by atoms with Crippen molar-refractivity contribution in [2.24, 2.45) is 10.2 Å². The number of nitrogens with zero attached hydrogens (tertiary/aromatic N) is 5. The van der Waals surface area contributed by atoms with Crippen LogP contribution in [0.4, 0.5) is 22.7 Å². The Bertz CT molecular complexity index is 1310. The van der Waals surface area contributed by atoms with Crippen molar-refractivity contribution in [3.63, 3.8) is 0 Å². The van der Waals surface area contributed by atoms with Gasteiger partial charge in [0.15, 0.2) is 0 Å². The van der Waals surface area contributed by atoms with Crippen LogP contribution in [0, 0.1) is 10.1 Å². The molecule has 12 nitrogen and oxygen atoms in total. The predicted molar refractivity (Wildman–Crippen MR) is 141 cm³/mol. The molecule has 2 aromatic carbocycles. The normalized spacial score (nSPS) is 18.4. The fourth-order valence-corrected chi connectivity index (χ4v) is 5.10. The number of hydroxylamine groups is 2. The molecule has 2 amide bonds. The van der Waals surface area contributed by atoms with E-state index < -0.39 is 22.7 Å². The molecule has 2 heterocycles. The van der Waals surface area contributed by atoms with Gasteiger partial charge in [-0.3, -0.25) is 19.7 Å². The number of anilines is 1. The number of methoxy groups -OCH3 is 1. The van der Waals surface area contributed by atoms with Gasteiger partial charge in [0.25, 0.3) is 17.5 Å². The maximum Gasteiger partial charge on any atom is 0.333 e. The third kappa shape index (κ3) is 6.05. The Kier molecular flexibility index (Phi) is 7.93. The lowest BCUT2D eigenvalue weighted by Gasteiger charge is -2.47. The average molecular weight is 538 g/mol. The first-order valence-corrected chi connectivity index (χ1v) is 12.7. The highest BCUT2D eigenvalue weighted by molar-refractivity contribution is 6.01. The second kappa shape index (κ2) is 11.2. The Labute approximate surface area is 225 Å². The zero-order valence-electron chi connectivity index (χ0n) is 22.4. The van der Waals surface area contributed by atoms with E-state index in [1.165, 1.54) is 24.3 Å². The largest absolute Gasteiger partial charge is 0.494 e. The maximum absolute atomic E-state index is 12.3. The molecule has 0 radical (unpaired) electrons. The van der Waals surface area contributed by atoms with Gasteiger partial charge in [-0.2, -0.15) is 5.11 Å². The smallest absolute Gasteiger partial charge is 0.333 e. The molecule has 1 atom stereocenters. The van der Waals surface area contributed by atoms with E-state index in [2.05, 4.69) is 35.9 Å². The molecular formula is C27H31N5O7. The number of fused-ring (bicyclic) bond motifs is 1. The van der Waals surface area contributed by atoms with Crippen LogP contribution in [-0.2, 0) is 19.2 Å². The number of carbonyl (C=O) groups is 3. The summed E-state index contributed by atoms with van der Waals surface area (Å²) < 4.78 is 5.63. The summed E-state index contributed by atoms with van der Waals surface area (Å²) in [5, 5.41) is 20.1. The molecule has 0 bridgehead atoms. The van der Waals surface area contributed by atoms with E-state index in [9.17, 15) is 24.5 Å². The minimum Gasteiger partial charge on any atom is -0.494 e. The molecule has 2 aromatic rings. The van der Waals surface area contributed by atoms with Gasteiger partial charge in [0.2, 0.25) is 0 Å². The quantitative estimate of drug-likeness (QED) is 0.176. The number of carbonyl (C=O) groups excluding carboxylic acids is 3. The van der Waals surface area contributed by atoms with Crippen molar-refractivity contribution in [3.05, 3.63) is 52.1 Å². The monoisotopic (exact) mass is 537 g/mol. The molecule has 0 saturated carbocycles. The summed E-state index contributed by atoms with van der Waals surface area (Å²) in [4.78, 5) is 53.4. The molecule has 39 heavy (non-hydrogen) atoms. The van der Waals surface area contributed by atoms with Crippen LogP contribution in [0.25, 0.3) is 0 Å². The SMILES string of the molecule is COc1cc2c(cc1/N=N/c1ccc([N+](=O)[O-])cc1)C(C)CC(C)(C)N2CCCC(=O)ON1C(=O)CCC1=O. The number of hydrogen-bond donors (Lipinski definition) is 0. The van der Waals surface area contributed by atoms with Crippen molar-refractivity contribution in [1.82, 2.24) is 5.06 Å². The van der Waals surface area contributed by atoms with Crippen molar-refractivity contribution in [3.8, 4) is 5.75 Å². The molecule has 2 aliphatic rings. The van der Waals surface area contributed by atoms with Crippen LogP contribution in [0.1, 0.15) is 64.4 Å². The van der Waals surface area contributed by atoms with Crippen LogP contribution < -0.4 is 9.64 Å². The second-order valence-corrected chi connectivity index (χ2v) is 10.3. The molecule has 206 valence electrons. The van der Waals surface area contributed by atoms with Crippen LogP contribution in [0.3, 0.4) is 0 Å². The number of amides is 2. The fourth-order valence-electron chi connectivity index (χ4n) is 5.10. The van der Waals surface area contributed by atoms with Crippen LogP contribution in [0.15, 0.2) is 46.6 Å². The zero-order valence-corrected chi connectivity index (χ0v) is 22.4. The lowest BCUT2D eigenvalue weighted by Crippen LogP contribution is -2.49. The van der Waals surface area contributed by atoms with E-state index in [4.69, 9.17) is 9.57 Å². The predicted octanol–water partition coefficient (Wildman–Crippen LogP) is 5.50. The third-order valence-corrected chi connectivity index (χ3v) is 6.98. The molecule has 4 rings (SSSR count). The van der Waals surface area contributed by atoms with Gasteiger partial charge >= 0.3 is 5.97 Å². The van der Waals surface area contributed by atoms with Crippen molar-refractivity contribution in [2.45, 2.75) is 64.3 Å². The Morgan fingerprint density at radius 2 is 1.79 bits per heavy atom. The second-order valence-electron chi connectivity index (χ2n) is 10.3. The van der Waals surface area contributed by atoms with E-state index >= 15 is 0 Å². The number of nitro groups is 1. The van der Waals surface area contributed by atoms with Gasteiger partial charge in [-0.1, -0.05) is 6.92 Å². The number of rotatable bonds is 9. The number of non-ortho nitro benzene ring substituents is 1. The van der Waals surface area contributed by atoms with Gasteiger partial charge in [-0.25, -0.2) is 4.79 Å². The first kappa shape index (κ1) is 27.7. The summed E-state index contributed by atoms with van der Waals surface area (Å²) in [5.74, 6) is -0.895. The molecule has 12 heteroatoms. The molecule has 0 aliphatic carbocycles. The molecule has 1 unspecified atom stereocenters. The fraction of sp³-hybridized carbons (Fsp3) is 0.444. The topological polar surface area (TPSA) is 144 Å². The highest BCUT2D eigenvalue weighted by Gasteiger charge is 2.37. The van der Waals surface area contributed by atoms with Crippen molar-refractivity contribution in [2.75, 3.05) is 18.6 Å². The molecule has 2 aliphatic heterocycles. The Morgan fingerprint density at radius 3 is 2.41 bits per heavy atom. The lowest BCUT2D eigenvalue weighted by atomic mass is 9.79. The molecular weight excluding hydrogens is 506 g/mol. The maximum atomic E-state index is 12.3. The Balaban J connectivity index is 1.51. The van der Waals surface area contributed by atoms with Crippen LogP contribution in [0.5, 0.6) is 5.75 Å². The Morgan fingerprint density at radius 1 is 1.13 bits per heavy atom. The van der Waals surface area contributed by atoms with Crippen molar-refractivity contribution >= 4 is 40.5 Å². The number of nitro benzene ring substituents is 1. The minimum atomic E-state index is -0.624. The summed E-state index contributed by atoms with van der Waals surface area (Å²) >= 11 is 0. The number of hydrogen-bond acceptors (Lipinski definition) is 10. The highest BCUT2D eigenvalue weighted by atomic mass is 16.7. The summed E-state index contributed by atoms with van der Waals surface area (Å²) in [6.45, 7) is 6.96. The number of benzene rings is 2. The van der Waals surface area contributed by atoms with Crippen LogP contribution >= 0.6 is 0 Å². The average Bonchev–Trinajstić information content (AvgIpc) is 3.20. The number of azo groups is 1. The van der Waals surface area contributed by atoms with Gasteiger partial charge in [0.05, 0.1) is 17.7 Å². The van der Waals surface area contributed by atoms with Gasteiger partial charge in [0.1, 0.15) is 11.4 Å². The van der Waals surface area contributed by atoms with Crippen molar-refractivity contribution < 1.29 is 28.9 Å².